The maximum atomic E-state index is 12.8. The highest BCUT2D eigenvalue weighted by atomic mass is 19.4. The first kappa shape index (κ1) is 15.6. The molecule has 1 aliphatic heterocycles. The largest absolute Gasteiger partial charge is 0.433 e. The van der Waals surface area contributed by atoms with Crippen molar-refractivity contribution in [1.82, 2.24) is 4.98 Å². The second-order valence-corrected chi connectivity index (χ2v) is 4.90. The zero-order valence-electron chi connectivity index (χ0n) is 11.7. The highest BCUT2D eigenvalue weighted by molar-refractivity contribution is 5.55. The Kier molecular flexibility index (Phi) is 4.68. The molecule has 0 bridgehead atoms. The summed E-state index contributed by atoms with van der Waals surface area (Å²) in [5, 5.41) is 9.08. The van der Waals surface area contributed by atoms with Gasteiger partial charge < -0.3 is 9.64 Å². The number of pyridine rings is 1. The van der Waals surface area contributed by atoms with Crippen LogP contribution < -0.4 is 4.90 Å². The van der Waals surface area contributed by atoms with Gasteiger partial charge in [0.2, 0.25) is 0 Å². The van der Waals surface area contributed by atoms with E-state index in [0.717, 1.165) is 18.9 Å². The van der Waals surface area contributed by atoms with Gasteiger partial charge in [0, 0.05) is 13.1 Å². The molecule has 1 saturated heterocycles. The molecule has 2 heterocycles. The summed E-state index contributed by atoms with van der Waals surface area (Å²) in [7, 11) is 0. The van der Waals surface area contributed by atoms with Gasteiger partial charge in [-0.15, -0.1) is 0 Å². The second-order valence-electron chi connectivity index (χ2n) is 4.90. The molecule has 1 aromatic heterocycles. The molecule has 0 saturated carbocycles. The molecule has 1 atom stereocenters. The molecule has 114 valence electrons. The first-order valence-corrected chi connectivity index (χ1v) is 6.80. The van der Waals surface area contributed by atoms with E-state index < -0.39 is 11.9 Å². The summed E-state index contributed by atoms with van der Waals surface area (Å²) in [5.41, 5.74) is -0.824. The van der Waals surface area contributed by atoms with Crippen molar-refractivity contribution in [3.05, 3.63) is 23.4 Å². The van der Waals surface area contributed by atoms with Gasteiger partial charge in [-0.1, -0.05) is 13.3 Å². The number of morpholine rings is 1. The summed E-state index contributed by atoms with van der Waals surface area (Å²) in [4.78, 5) is 5.36. The summed E-state index contributed by atoms with van der Waals surface area (Å²) < 4.78 is 43.9. The van der Waals surface area contributed by atoms with Gasteiger partial charge in [-0.05, 0) is 18.6 Å². The van der Waals surface area contributed by atoms with Crippen molar-refractivity contribution in [3.8, 4) is 6.07 Å². The van der Waals surface area contributed by atoms with Crippen molar-refractivity contribution in [2.45, 2.75) is 32.0 Å². The third-order valence-electron chi connectivity index (χ3n) is 3.33. The number of nitrogens with zero attached hydrogens (tertiary/aromatic N) is 3. The Morgan fingerprint density at radius 3 is 2.86 bits per heavy atom. The number of ether oxygens (including phenoxy) is 1. The lowest BCUT2D eigenvalue weighted by atomic mass is 10.1. The van der Waals surface area contributed by atoms with Crippen molar-refractivity contribution in [2.75, 3.05) is 24.6 Å². The monoisotopic (exact) mass is 299 g/mol. The predicted octanol–water partition coefficient (Wildman–Crippen LogP) is 2.98. The van der Waals surface area contributed by atoms with Gasteiger partial charge in [0.05, 0.1) is 18.3 Å². The van der Waals surface area contributed by atoms with E-state index in [1.165, 1.54) is 6.07 Å². The molecule has 21 heavy (non-hydrogen) atoms. The molecule has 1 fully saturated rings. The summed E-state index contributed by atoms with van der Waals surface area (Å²) in [6, 6.07) is 3.92. The molecule has 0 N–H and O–H groups in total. The molecule has 0 radical (unpaired) electrons. The third-order valence-corrected chi connectivity index (χ3v) is 3.33. The average Bonchev–Trinajstić information content (AvgIpc) is 2.46. The predicted molar refractivity (Wildman–Crippen MR) is 70.8 cm³/mol. The molecule has 0 aromatic carbocycles. The van der Waals surface area contributed by atoms with Crippen LogP contribution in [0.4, 0.5) is 19.0 Å². The van der Waals surface area contributed by atoms with Crippen molar-refractivity contribution < 1.29 is 17.9 Å². The zero-order valence-corrected chi connectivity index (χ0v) is 11.7. The fourth-order valence-electron chi connectivity index (χ4n) is 2.34. The number of alkyl halides is 3. The Morgan fingerprint density at radius 1 is 1.48 bits per heavy atom. The van der Waals surface area contributed by atoms with Gasteiger partial charge in [0.1, 0.15) is 17.6 Å². The van der Waals surface area contributed by atoms with Crippen LogP contribution in [0.5, 0.6) is 0 Å². The number of halogens is 3. The number of aromatic nitrogens is 1. The maximum absolute atomic E-state index is 12.8. The Labute approximate surface area is 121 Å². The normalized spacial score (nSPS) is 19.4. The van der Waals surface area contributed by atoms with E-state index in [2.05, 4.69) is 4.98 Å². The van der Waals surface area contributed by atoms with Crippen LogP contribution in [-0.2, 0) is 10.9 Å². The van der Waals surface area contributed by atoms with Crippen LogP contribution in [0.15, 0.2) is 12.1 Å². The van der Waals surface area contributed by atoms with Crippen molar-refractivity contribution >= 4 is 5.82 Å². The number of hydrogen-bond acceptors (Lipinski definition) is 4. The molecule has 0 amide bonds. The smallest absolute Gasteiger partial charge is 0.375 e. The van der Waals surface area contributed by atoms with E-state index >= 15 is 0 Å². The molecular formula is C14H16F3N3O. The number of anilines is 1. The van der Waals surface area contributed by atoms with E-state index in [4.69, 9.17) is 10.00 Å². The Bertz CT molecular complexity index is 537. The van der Waals surface area contributed by atoms with Crippen molar-refractivity contribution in [2.24, 2.45) is 0 Å². The highest BCUT2D eigenvalue weighted by Crippen LogP contribution is 2.31. The van der Waals surface area contributed by atoms with Crippen LogP contribution in [0.3, 0.4) is 0 Å². The molecule has 4 nitrogen and oxygen atoms in total. The minimum atomic E-state index is -4.52. The molecule has 0 unspecified atom stereocenters. The number of rotatable bonds is 3. The fraction of sp³-hybridized carbons (Fsp3) is 0.571. The van der Waals surface area contributed by atoms with Gasteiger partial charge in [-0.2, -0.15) is 18.4 Å². The second kappa shape index (κ2) is 6.31. The first-order valence-electron chi connectivity index (χ1n) is 6.80. The first-order chi connectivity index (χ1) is 9.95. The maximum Gasteiger partial charge on any atom is 0.433 e. The van der Waals surface area contributed by atoms with Crippen LogP contribution >= 0.6 is 0 Å². The van der Waals surface area contributed by atoms with Gasteiger partial charge in [0.15, 0.2) is 0 Å². The van der Waals surface area contributed by atoms with E-state index in [-0.39, 0.29) is 17.5 Å². The lowest BCUT2D eigenvalue weighted by Crippen LogP contribution is -2.43. The molecule has 1 aliphatic rings. The van der Waals surface area contributed by atoms with Crippen molar-refractivity contribution in [3.63, 3.8) is 0 Å². The lowest BCUT2D eigenvalue weighted by molar-refractivity contribution is -0.141. The zero-order chi connectivity index (χ0) is 15.5. The quantitative estimate of drug-likeness (QED) is 0.861. The number of nitriles is 1. The summed E-state index contributed by atoms with van der Waals surface area (Å²) >= 11 is 0. The minimum absolute atomic E-state index is 0.0355. The summed E-state index contributed by atoms with van der Waals surface area (Å²) in [6.45, 7) is 3.33. The van der Waals surface area contributed by atoms with E-state index in [9.17, 15) is 13.2 Å². The summed E-state index contributed by atoms with van der Waals surface area (Å²) in [6.07, 6.45) is -2.79. The standard InChI is InChI=1S/C14H16F3N3O/c1-2-3-11-9-20(6-7-21-11)13-10(8-18)4-5-12(19-13)14(15,16)17/h4-5,11H,2-3,6-7,9H2,1H3/t11-/m0/s1. The summed E-state index contributed by atoms with van der Waals surface area (Å²) in [5.74, 6) is 0.0942. The van der Waals surface area contributed by atoms with E-state index in [1.54, 1.807) is 4.90 Å². The molecule has 7 heteroatoms. The van der Waals surface area contributed by atoms with Gasteiger partial charge in [-0.3, -0.25) is 0 Å². The number of hydrogen-bond donors (Lipinski definition) is 0. The Balaban J connectivity index is 2.30. The Hall–Kier alpha value is -1.81. The minimum Gasteiger partial charge on any atom is -0.375 e. The van der Waals surface area contributed by atoms with Gasteiger partial charge in [0.25, 0.3) is 0 Å². The van der Waals surface area contributed by atoms with E-state index in [0.29, 0.717) is 19.7 Å². The van der Waals surface area contributed by atoms with Crippen LogP contribution in [0.2, 0.25) is 0 Å². The lowest BCUT2D eigenvalue weighted by Gasteiger charge is -2.34. The average molecular weight is 299 g/mol. The van der Waals surface area contributed by atoms with Crippen LogP contribution in [0.25, 0.3) is 0 Å². The SMILES string of the molecule is CCC[C@H]1CN(c2nc(C(F)(F)F)ccc2C#N)CCO1. The molecule has 1 aromatic rings. The molecule has 2 rings (SSSR count). The van der Waals surface area contributed by atoms with Gasteiger partial charge >= 0.3 is 6.18 Å². The van der Waals surface area contributed by atoms with Crippen LogP contribution in [0.1, 0.15) is 31.0 Å². The molecular weight excluding hydrogens is 283 g/mol. The highest BCUT2D eigenvalue weighted by Gasteiger charge is 2.34. The molecule has 0 aliphatic carbocycles. The van der Waals surface area contributed by atoms with Gasteiger partial charge in [-0.25, -0.2) is 4.98 Å². The Morgan fingerprint density at radius 2 is 2.24 bits per heavy atom. The molecule has 0 spiro atoms. The fourth-order valence-corrected chi connectivity index (χ4v) is 2.34. The van der Waals surface area contributed by atoms with E-state index in [1.807, 2.05) is 13.0 Å². The van der Waals surface area contributed by atoms with Crippen LogP contribution in [-0.4, -0.2) is 30.8 Å². The van der Waals surface area contributed by atoms with Crippen LogP contribution in [0, 0.1) is 11.3 Å². The topological polar surface area (TPSA) is 49.2 Å². The van der Waals surface area contributed by atoms with Crippen molar-refractivity contribution in [1.29, 1.82) is 5.26 Å². The third kappa shape index (κ3) is 3.64.